The lowest BCUT2D eigenvalue weighted by Crippen LogP contribution is -2.16. The van der Waals surface area contributed by atoms with E-state index in [-0.39, 0.29) is 23.4 Å². The lowest BCUT2D eigenvalue weighted by Gasteiger charge is -2.04. The molecule has 70 valence electrons. The summed E-state index contributed by atoms with van der Waals surface area (Å²) < 4.78 is 1.65. The molecule has 1 amide bonds. The van der Waals surface area contributed by atoms with Gasteiger partial charge in [0.05, 0.1) is 5.69 Å². The third-order valence-corrected chi connectivity index (χ3v) is 1.62. The van der Waals surface area contributed by atoms with Crippen LogP contribution in [0.3, 0.4) is 0 Å². The number of rotatable bonds is 3. The van der Waals surface area contributed by atoms with Gasteiger partial charge >= 0.3 is 0 Å². The van der Waals surface area contributed by atoms with Crippen LogP contribution in [0.4, 0.5) is 5.69 Å². The lowest BCUT2D eigenvalue weighted by atomic mass is 10.3. The minimum Gasteiger partial charge on any atom is -0.394 e. The normalized spacial score (nSPS) is 9.85. The van der Waals surface area contributed by atoms with Gasteiger partial charge in [-0.3, -0.25) is 9.59 Å². The molecule has 0 atom stereocenters. The van der Waals surface area contributed by atoms with Gasteiger partial charge in [0.25, 0.3) is 0 Å². The van der Waals surface area contributed by atoms with Gasteiger partial charge in [0.2, 0.25) is 11.3 Å². The van der Waals surface area contributed by atoms with Gasteiger partial charge in [0.1, 0.15) is 0 Å². The summed E-state index contributed by atoms with van der Waals surface area (Å²) in [5.74, 6) is -0.378. The topological polar surface area (TPSA) is 91.1 Å². The van der Waals surface area contributed by atoms with E-state index in [1.54, 1.807) is 10.8 Å². The second-order valence-corrected chi connectivity index (χ2v) is 2.72. The van der Waals surface area contributed by atoms with Gasteiger partial charge in [0, 0.05) is 31.4 Å². The van der Waals surface area contributed by atoms with Gasteiger partial charge in [0.15, 0.2) is 0 Å². The maximum Gasteiger partial charge on any atom is 0.219 e. The quantitative estimate of drug-likeness (QED) is 0.646. The molecule has 0 spiro atoms. The number of hydrogen-bond acceptors (Lipinski definition) is 3. The molecule has 1 aromatic rings. The highest BCUT2D eigenvalue weighted by molar-refractivity contribution is 5.73. The highest BCUT2D eigenvalue weighted by Crippen LogP contribution is 1.94. The summed E-state index contributed by atoms with van der Waals surface area (Å²) in [5, 5.41) is 0. The maximum atomic E-state index is 10.9. The summed E-state index contributed by atoms with van der Waals surface area (Å²) in [6.07, 6.45) is 3.30. The van der Waals surface area contributed by atoms with E-state index < -0.39 is 0 Å². The minimum atomic E-state index is -0.378. The van der Waals surface area contributed by atoms with Crippen LogP contribution in [0.15, 0.2) is 23.3 Å². The number of pyridine rings is 1. The molecule has 0 unspecified atom stereocenters. The fourth-order valence-electron chi connectivity index (χ4n) is 0.923. The number of anilines is 1. The molecule has 1 heterocycles. The monoisotopic (exact) mass is 181 g/mol. The Hall–Kier alpha value is -1.78. The Labute approximate surface area is 75.0 Å². The molecule has 0 saturated heterocycles. The van der Waals surface area contributed by atoms with Crippen LogP contribution < -0.4 is 16.9 Å². The Morgan fingerprint density at radius 1 is 1.54 bits per heavy atom. The van der Waals surface area contributed by atoms with Crippen molar-refractivity contribution in [2.45, 2.75) is 13.0 Å². The number of aromatic nitrogens is 1. The Balaban J connectivity index is 2.74. The molecule has 5 nitrogen and oxygen atoms in total. The van der Waals surface area contributed by atoms with Crippen molar-refractivity contribution in [3.63, 3.8) is 0 Å². The van der Waals surface area contributed by atoms with Crippen LogP contribution in [0.5, 0.6) is 0 Å². The van der Waals surface area contributed by atoms with Gasteiger partial charge in [-0.25, -0.2) is 0 Å². The van der Waals surface area contributed by atoms with E-state index in [1.165, 1.54) is 12.3 Å². The van der Waals surface area contributed by atoms with E-state index in [2.05, 4.69) is 0 Å². The summed E-state index contributed by atoms with van der Waals surface area (Å²) in [6, 6.07) is 1.36. The number of hydrogen-bond donors (Lipinski definition) is 2. The van der Waals surface area contributed by atoms with Gasteiger partial charge < -0.3 is 16.0 Å². The van der Waals surface area contributed by atoms with E-state index in [1.807, 2.05) is 0 Å². The molecule has 1 rings (SSSR count). The number of nitrogen functional groups attached to an aromatic ring is 1. The van der Waals surface area contributed by atoms with Crippen LogP contribution in [0.25, 0.3) is 0 Å². The molecule has 0 aromatic carbocycles. The van der Waals surface area contributed by atoms with Crippen molar-refractivity contribution >= 4 is 11.6 Å². The van der Waals surface area contributed by atoms with Crippen molar-refractivity contribution in [3.8, 4) is 0 Å². The van der Waals surface area contributed by atoms with E-state index in [9.17, 15) is 9.59 Å². The van der Waals surface area contributed by atoms with Crippen molar-refractivity contribution in [2.75, 3.05) is 5.73 Å². The molecule has 0 fully saturated rings. The van der Waals surface area contributed by atoms with Gasteiger partial charge in [-0.05, 0) is 0 Å². The standard InChI is InChI=1S/C8H11N3O2/c9-6-5-11(3-1-7(6)12)4-2-8(10)13/h1,3,5H,2,4,9H2,(H2,10,13). The first kappa shape index (κ1) is 9.31. The molecular formula is C8H11N3O2. The summed E-state index contributed by atoms with van der Waals surface area (Å²) >= 11 is 0. The fourth-order valence-corrected chi connectivity index (χ4v) is 0.923. The Bertz CT molecular complexity index is 370. The first-order valence-electron chi connectivity index (χ1n) is 3.83. The maximum absolute atomic E-state index is 10.9. The molecule has 5 heteroatoms. The highest BCUT2D eigenvalue weighted by atomic mass is 16.1. The van der Waals surface area contributed by atoms with Crippen LogP contribution in [0, 0.1) is 0 Å². The van der Waals surface area contributed by atoms with Gasteiger partial charge in [-0.15, -0.1) is 0 Å². The number of amides is 1. The number of primary amides is 1. The Morgan fingerprint density at radius 2 is 2.23 bits per heavy atom. The third kappa shape index (κ3) is 2.62. The van der Waals surface area contributed by atoms with Crippen molar-refractivity contribution in [3.05, 3.63) is 28.7 Å². The lowest BCUT2D eigenvalue weighted by molar-refractivity contribution is -0.118. The summed E-state index contributed by atoms with van der Waals surface area (Å²) in [6.45, 7) is 0.444. The molecule has 0 aliphatic carbocycles. The van der Waals surface area contributed by atoms with E-state index in [0.29, 0.717) is 6.54 Å². The molecule has 0 aliphatic heterocycles. The smallest absolute Gasteiger partial charge is 0.219 e. The average molecular weight is 181 g/mol. The van der Waals surface area contributed by atoms with Crippen LogP contribution >= 0.6 is 0 Å². The van der Waals surface area contributed by atoms with Gasteiger partial charge in [-0.2, -0.15) is 0 Å². The first-order chi connectivity index (χ1) is 6.09. The molecular weight excluding hydrogens is 170 g/mol. The number of nitrogens with zero attached hydrogens (tertiary/aromatic N) is 1. The third-order valence-electron chi connectivity index (χ3n) is 1.62. The second kappa shape index (κ2) is 3.75. The number of nitrogens with two attached hydrogens (primary N) is 2. The molecule has 0 aliphatic rings. The van der Waals surface area contributed by atoms with Crippen molar-refractivity contribution < 1.29 is 4.79 Å². The highest BCUT2D eigenvalue weighted by Gasteiger charge is 1.97. The van der Waals surface area contributed by atoms with Crippen LogP contribution in [-0.2, 0) is 11.3 Å². The van der Waals surface area contributed by atoms with E-state index in [0.717, 1.165) is 0 Å². The minimum absolute atomic E-state index is 0.173. The zero-order valence-electron chi connectivity index (χ0n) is 7.06. The van der Waals surface area contributed by atoms with Crippen LogP contribution in [0.1, 0.15) is 6.42 Å². The Kier molecular flexibility index (Phi) is 2.69. The average Bonchev–Trinajstić information content (AvgIpc) is 2.07. The second-order valence-electron chi connectivity index (χ2n) is 2.72. The summed E-state index contributed by atoms with van der Waals surface area (Å²) in [7, 11) is 0. The zero-order chi connectivity index (χ0) is 9.84. The predicted octanol–water partition coefficient (Wildman–Crippen LogP) is -0.694. The first-order valence-corrected chi connectivity index (χ1v) is 3.83. The molecule has 4 N–H and O–H groups in total. The number of carbonyl (C=O) groups excluding carboxylic acids is 1. The molecule has 0 radical (unpaired) electrons. The van der Waals surface area contributed by atoms with Crippen LogP contribution in [-0.4, -0.2) is 10.5 Å². The van der Waals surface area contributed by atoms with Crippen molar-refractivity contribution in [1.82, 2.24) is 4.57 Å². The molecule has 1 aromatic heterocycles. The molecule has 13 heavy (non-hydrogen) atoms. The van der Waals surface area contributed by atoms with E-state index in [4.69, 9.17) is 11.5 Å². The van der Waals surface area contributed by atoms with E-state index >= 15 is 0 Å². The molecule has 0 saturated carbocycles. The summed E-state index contributed by atoms with van der Waals surface area (Å²) in [4.78, 5) is 21.3. The SMILES string of the molecule is NC(=O)CCn1ccc(=O)c(N)c1. The largest absolute Gasteiger partial charge is 0.394 e. The predicted molar refractivity (Wildman–Crippen MR) is 48.9 cm³/mol. The number of carbonyl (C=O) groups is 1. The van der Waals surface area contributed by atoms with Crippen molar-refractivity contribution in [2.24, 2.45) is 5.73 Å². The van der Waals surface area contributed by atoms with Crippen LogP contribution in [0.2, 0.25) is 0 Å². The fraction of sp³-hybridized carbons (Fsp3) is 0.250. The zero-order valence-corrected chi connectivity index (χ0v) is 7.06. The van der Waals surface area contributed by atoms with Gasteiger partial charge in [-0.1, -0.05) is 0 Å². The van der Waals surface area contributed by atoms with Crippen molar-refractivity contribution in [1.29, 1.82) is 0 Å². The number of aryl methyl sites for hydroxylation is 1. The molecule has 0 bridgehead atoms. The Morgan fingerprint density at radius 3 is 2.77 bits per heavy atom. The summed E-state index contributed by atoms with van der Waals surface area (Å²) in [5.41, 5.74) is 10.3.